The largest absolute Gasteiger partial charge is 0.497 e. The molecule has 8 nitrogen and oxygen atoms in total. The Balaban J connectivity index is 1.80. The van der Waals surface area contributed by atoms with Crippen LogP contribution in [0.15, 0.2) is 52.5 Å². The fraction of sp³-hybridized carbons (Fsp3) is 0.346. The van der Waals surface area contributed by atoms with Gasteiger partial charge in [0.05, 0.1) is 42.5 Å². The third kappa shape index (κ3) is 6.20. The second kappa shape index (κ2) is 12.0. The number of aromatic nitrogens is 2. The predicted octanol–water partition coefficient (Wildman–Crippen LogP) is 4.77. The van der Waals surface area contributed by atoms with E-state index >= 15 is 0 Å². The monoisotopic (exact) mass is 548 g/mol. The van der Waals surface area contributed by atoms with Gasteiger partial charge in [0.2, 0.25) is 0 Å². The lowest BCUT2D eigenvalue weighted by Crippen LogP contribution is -2.34. The summed E-state index contributed by atoms with van der Waals surface area (Å²) in [4.78, 5) is 19.6. The van der Waals surface area contributed by atoms with Crippen molar-refractivity contribution in [3.63, 3.8) is 0 Å². The Morgan fingerprint density at radius 2 is 1.79 bits per heavy atom. The quantitative estimate of drug-likeness (QED) is 0.365. The van der Waals surface area contributed by atoms with Crippen LogP contribution in [0.2, 0.25) is 0 Å². The maximum atomic E-state index is 14.0. The van der Waals surface area contributed by atoms with E-state index in [9.17, 15) is 18.0 Å². The number of rotatable bonds is 10. The Bertz CT molecular complexity index is 1360. The second-order valence-electron chi connectivity index (χ2n) is 8.45. The van der Waals surface area contributed by atoms with E-state index in [-0.39, 0.29) is 22.6 Å². The van der Waals surface area contributed by atoms with Crippen molar-refractivity contribution >= 4 is 39.3 Å². The van der Waals surface area contributed by atoms with Gasteiger partial charge in [0.1, 0.15) is 5.75 Å². The minimum atomic E-state index is -4.61. The van der Waals surface area contributed by atoms with E-state index in [1.54, 1.807) is 38.6 Å². The van der Waals surface area contributed by atoms with Crippen molar-refractivity contribution in [3.05, 3.63) is 64.2 Å². The molecule has 0 radical (unpaired) electrons. The number of ether oxygens (including phenoxy) is 3. The highest BCUT2D eigenvalue weighted by Gasteiger charge is 2.35. The van der Waals surface area contributed by atoms with Crippen LogP contribution in [-0.4, -0.2) is 73.8 Å². The van der Waals surface area contributed by atoms with E-state index in [4.69, 9.17) is 14.2 Å². The van der Waals surface area contributed by atoms with Gasteiger partial charge < -0.3 is 19.1 Å². The van der Waals surface area contributed by atoms with Crippen molar-refractivity contribution in [2.75, 3.05) is 47.6 Å². The van der Waals surface area contributed by atoms with Crippen molar-refractivity contribution < 1.29 is 32.2 Å². The number of aliphatic imine (C=N–C) groups is 1. The normalized spacial score (nSPS) is 15.2. The summed E-state index contributed by atoms with van der Waals surface area (Å²) in [7, 11) is 4.46. The number of carbonyl (C=O) groups is 1. The Hall–Kier alpha value is -3.35. The fourth-order valence-electron chi connectivity index (χ4n) is 4.06. The van der Waals surface area contributed by atoms with Gasteiger partial charge in [-0.25, -0.2) is 0 Å². The molecule has 1 amide bonds. The molecule has 0 saturated heterocycles. The van der Waals surface area contributed by atoms with E-state index in [0.717, 1.165) is 28.7 Å². The van der Waals surface area contributed by atoms with Gasteiger partial charge in [-0.15, -0.1) is 0 Å². The van der Waals surface area contributed by atoms with Crippen LogP contribution in [0, 0.1) is 0 Å². The number of benzene rings is 2. The Kier molecular flexibility index (Phi) is 8.75. The number of carbonyl (C=O) groups excluding carboxylic acids is 1. The molecule has 0 spiro atoms. The number of hydrogen-bond donors (Lipinski definition) is 1. The number of amides is 1. The molecule has 1 aliphatic rings. The number of alkyl halides is 3. The molecule has 2 heterocycles. The summed E-state index contributed by atoms with van der Waals surface area (Å²) in [6.45, 7) is 1.75. The average molecular weight is 549 g/mol. The number of fused-ring (bicyclic) bond motifs is 1. The van der Waals surface area contributed by atoms with E-state index in [2.05, 4.69) is 15.2 Å². The second-order valence-corrected chi connectivity index (χ2v) is 9.43. The molecule has 1 N–H and O–H groups in total. The van der Waals surface area contributed by atoms with Crippen LogP contribution in [0.4, 0.5) is 13.2 Å². The molecule has 12 heteroatoms. The smallest absolute Gasteiger partial charge is 0.416 e. The topological polar surface area (TPSA) is 89.0 Å². The summed E-state index contributed by atoms with van der Waals surface area (Å²) in [5.74, 6) is -0.409. The fourth-order valence-corrected chi connectivity index (χ4v) is 5.13. The number of thioether (sulfide) groups is 1. The first-order chi connectivity index (χ1) is 18.2. The molecule has 0 atom stereocenters. The molecule has 0 unspecified atom stereocenters. The summed E-state index contributed by atoms with van der Waals surface area (Å²) >= 11 is 1.14. The van der Waals surface area contributed by atoms with Crippen LogP contribution in [0.5, 0.6) is 5.75 Å². The summed E-state index contributed by atoms with van der Waals surface area (Å²) in [5.41, 5.74) is 1.01. The average Bonchev–Trinajstić information content (AvgIpc) is 3.52. The number of halogens is 3. The maximum absolute atomic E-state index is 14.0. The Morgan fingerprint density at radius 3 is 2.45 bits per heavy atom. The van der Waals surface area contributed by atoms with Gasteiger partial charge in [0.25, 0.3) is 5.91 Å². The number of allylic oxidation sites excluding steroid dienone is 1. The molecular formula is C26H27F3N4O4S. The van der Waals surface area contributed by atoms with E-state index < -0.39 is 17.6 Å². The Morgan fingerprint density at radius 1 is 1.05 bits per heavy atom. The van der Waals surface area contributed by atoms with Crippen LogP contribution in [0.3, 0.4) is 0 Å². The van der Waals surface area contributed by atoms with Gasteiger partial charge in [0.15, 0.2) is 5.17 Å². The van der Waals surface area contributed by atoms with Gasteiger partial charge in [-0.1, -0.05) is 12.1 Å². The number of aromatic amines is 1. The first-order valence-electron chi connectivity index (χ1n) is 11.7. The molecule has 0 aliphatic carbocycles. The molecule has 202 valence electrons. The van der Waals surface area contributed by atoms with Crippen molar-refractivity contribution in [2.24, 2.45) is 4.99 Å². The lowest BCUT2D eigenvalue weighted by atomic mass is 9.93. The molecule has 0 fully saturated rings. The van der Waals surface area contributed by atoms with Crippen LogP contribution in [-0.2, 0) is 26.9 Å². The standard InChI is InChI=1S/C26H27F3N4O4S/c1-35-10-8-33(9-11-36-2)25-31-24(34)23(38-25)20(16-5-7-22-18(12-16)15-30-32-22)13-17-4-6-19(37-3)14-21(17)26(27,28)29/h4-7,12,14-15H,8-11,13H2,1-3H3,(H,30,32). The molecular weight excluding hydrogens is 521 g/mol. The van der Waals surface area contributed by atoms with Gasteiger partial charge >= 0.3 is 6.18 Å². The molecule has 2 aromatic carbocycles. The van der Waals surface area contributed by atoms with Crippen LogP contribution >= 0.6 is 11.8 Å². The Labute approximate surface area is 221 Å². The molecule has 1 aliphatic heterocycles. The third-order valence-electron chi connectivity index (χ3n) is 6.04. The molecule has 4 rings (SSSR count). The zero-order chi connectivity index (χ0) is 27.3. The molecule has 0 saturated carbocycles. The highest BCUT2D eigenvalue weighted by atomic mass is 32.2. The van der Waals surface area contributed by atoms with Crippen LogP contribution in [0.1, 0.15) is 16.7 Å². The van der Waals surface area contributed by atoms with E-state index in [1.165, 1.54) is 19.2 Å². The number of hydrogen-bond acceptors (Lipinski definition) is 7. The first-order valence-corrected chi connectivity index (χ1v) is 12.5. The number of methoxy groups -OCH3 is 3. The van der Waals surface area contributed by atoms with Crippen LogP contribution < -0.4 is 4.74 Å². The molecule has 3 aromatic rings. The van der Waals surface area contributed by atoms with E-state index in [0.29, 0.717) is 42.6 Å². The van der Waals surface area contributed by atoms with E-state index in [1.807, 2.05) is 4.90 Å². The van der Waals surface area contributed by atoms with Crippen molar-refractivity contribution in [1.82, 2.24) is 15.1 Å². The molecule has 1 aromatic heterocycles. The summed E-state index contributed by atoms with van der Waals surface area (Å²) < 4.78 is 57.5. The number of H-pyrrole nitrogens is 1. The van der Waals surface area contributed by atoms with Gasteiger partial charge in [0, 0.05) is 32.7 Å². The van der Waals surface area contributed by atoms with Crippen molar-refractivity contribution in [2.45, 2.75) is 12.6 Å². The number of nitrogens with zero attached hydrogens (tertiary/aromatic N) is 3. The van der Waals surface area contributed by atoms with Crippen LogP contribution in [0.25, 0.3) is 16.5 Å². The van der Waals surface area contributed by atoms with Gasteiger partial charge in [-0.3, -0.25) is 9.89 Å². The first kappa shape index (κ1) is 27.7. The lowest BCUT2D eigenvalue weighted by Gasteiger charge is -2.23. The highest BCUT2D eigenvalue weighted by Crippen LogP contribution is 2.41. The predicted molar refractivity (Wildman–Crippen MR) is 140 cm³/mol. The lowest BCUT2D eigenvalue weighted by molar-refractivity contribution is -0.138. The summed E-state index contributed by atoms with van der Waals surface area (Å²) in [6.07, 6.45) is -3.13. The van der Waals surface area contributed by atoms with Crippen molar-refractivity contribution in [3.8, 4) is 5.75 Å². The summed E-state index contributed by atoms with van der Waals surface area (Å²) in [5, 5.41) is 8.11. The molecule has 0 bridgehead atoms. The number of nitrogens with one attached hydrogen (secondary N) is 1. The number of amidine groups is 1. The zero-order valence-corrected chi connectivity index (χ0v) is 21.9. The van der Waals surface area contributed by atoms with Crippen molar-refractivity contribution in [1.29, 1.82) is 0 Å². The van der Waals surface area contributed by atoms with Gasteiger partial charge in [-0.05, 0) is 59.1 Å². The maximum Gasteiger partial charge on any atom is 0.416 e. The molecule has 38 heavy (non-hydrogen) atoms. The minimum Gasteiger partial charge on any atom is -0.497 e. The SMILES string of the molecule is COCCN(CCOC)C1=NC(=O)C(=C(Cc2ccc(OC)cc2C(F)(F)F)c2ccc3[nH]ncc3c2)S1. The van der Waals surface area contributed by atoms with Gasteiger partial charge in [-0.2, -0.15) is 23.3 Å². The third-order valence-corrected chi connectivity index (χ3v) is 7.20. The zero-order valence-electron chi connectivity index (χ0n) is 21.1. The highest BCUT2D eigenvalue weighted by molar-refractivity contribution is 8.18. The summed E-state index contributed by atoms with van der Waals surface area (Å²) in [6, 6.07) is 9.19. The minimum absolute atomic E-state index is 0.0190.